The third kappa shape index (κ3) is 4.85. The fourth-order valence-corrected chi connectivity index (χ4v) is 6.52. The van der Waals surface area contributed by atoms with E-state index in [9.17, 15) is 13.2 Å². The van der Waals surface area contributed by atoms with Crippen molar-refractivity contribution in [1.82, 2.24) is 9.21 Å². The van der Waals surface area contributed by atoms with Crippen molar-refractivity contribution < 1.29 is 22.0 Å². The Balaban J connectivity index is 1.47. The minimum absolute atomic E-state index is 0.119. The predicted molar refractivity (Wildman–Crippen MR) is 112 cm³/mol. The number of piperidine rings is 1. The molecule has 30 heavy (non-hydrogen) atoms. The minimum Gasteiger partial charge on any atom is -0.467 e. The molecule has 1 fully saturated rings. The van der Waals surface area contributed by atoms with Gasteiger partial charge in [-0.25, -0.2) is 8.42 Å². The third-order valence-electron chi connectivity index (χ3n) is 5.08. The molecular formula is C21H24N2O5S2. The molecule has 160 valence electrons. The first kappa shape index (κ1) is 20.9. The number of thiophene rings is 1. The molecule has 0 bridgehead atoms. The van der Waals surface area contributed by atoms with Crippen LogP contribution in [0.3, 0.4) is 0 Å². The highest BCUT2D eigenvalue weighted by atomic mass is 32.2. The summed E-state index contributed by atoms with van der Waals surface area (Å²) in [4.78, 5) is 15.4. The monoisotopic (exact) mass is 448 g/mol. The molecule has 4 rings (SSSR count). The van der Waals surface area contributed by atoms with Crippen LogP contribution in [0.15, 0.2) is 62.0 Å². The van der Waals surface area contributed by atoms with Gasteiger partial charge in [0.2, 0.25) is 5.91 Å². The summed E-state index contributed by atoms with van der Waals surface area (Å²) in [5, 5.41) is 0. The van der Waals surface area contributed by atoms with E-state index < -0.39 is 10.0 Å². The van der Waals surface area contributed by atoms with Crippen molar-refractivity contribution in [2.45, 2.75) is 43.0 Å². The highest BCUT2D eigenvalue weighted by Crippen LogP contribution is 2.28. The fourth-order valence-electron chi connectivity index (χ4n) is 3.50. The van der Waals surface area contributed by atoms with Crippen molar-refractivity contribution in [3.8, 4) is 0 Å². The molecule has 3 aromatic rings. The van der Waals surface area contributed by atoms with E-state index in [2.05, 4.69) is 0 Å². The first-order valence-electron chi connectivity index (χ1n) is 9.94. The summed E-state index contributed by atoms with van der Waals surface area (Å²) in [5.74, 6) is 1.23. The Bertz CT molecular complexity index is 1010. The number of rotatable bonds is 8. The quantitative estimate of drug-likeness (QED) is 0.522. The number of furan rings is 2. The summed E-state index contributed by atoms with van der Waals surface area (Å²) in [7, 11) is -3.48. The number of sulfonamides is 1. The average molecular weight is 449 g/mol. The smallest absolute Gasteiger partial charge is 0.252 e. The SMILES string of the molecule is O=C(Cc1ccc(S(=O)(=O)N2CCCCC2)s1)N(Cc1ccco1)Cc1ccco1. The van der Waals surface area contributed by atoms with Crippen LogP contribution in [0.5, 0.6) is 0 Å². The van der Waals surface area contributed by atoms with Gasteiger partial charge in [0.15, 0.2) is 0 Å². The van der Waals surface area contributed by atoms with Gasteiger partial charge in [0, 0.05) is 18.0 Å². The van der Waals surface area contributed by atoms with Gasteiger partial charge in [0.1, 0.15) is 15.7 Å². The van der Waals surface area contributed by atoms with Crippen molar-refractivity contribution in [1.29, 1.82) is 0 Å². The van der Waals surface area contributed by atoms with Crippen molar-refractivity contribution in [3.05, 3.63) is 65.3 Å². The highest BCUT2D eigenvalue weighted by Gasteiger charge is 2.28. The predicted octanol–water partition coefficient (Wildman–Crippen LogP) is 3.88. The molecule has 0 saturated carbocycles. The van der Waals surface area contributed by atoms with E-state index in [0.717, 1.165) is 24.1 Å². The van der Waals surface area contributed by atoms with Crippen molar-refractivity contribution in [2.75, 3.05) is 13.1 Å². The Labute approximate surface area is 179 Å². The number of hydrogen-bond acceptors (Lipinski definition) is 6. The van der Waals surface area contributed by atoms with Crippen molar-refractivity contribution in [2.24, 2.45) is 0 Å². The van der Waals surface area contributed by atoms with Crippen LogP contribution >= 0.6 is 11.3 Å². The highest BCUT2D eigenvalue weighted by molar-refractivity contribution is 7.91. The van der Waals surface area contributed by atoms with E-state index in [4.69, 9.17) is 8.83 Å². The number of nitrogens with zero attached hydrogens (tertiary/aromatic N) is 2. The Morgan fingerprint density at radius 3 is 2.17 bits per heavy atom. The van der Waals surface area contributed by atoms with Crippen molar-refractivity contribution in [3.63, 3.8) is 0 Å². The fraction of sp³-hybridized carbons (Fsp3) is 0.381. The standard InChI is InChI=1S/C21H24N2O5S2/c24-20(22(15-17-6-4-12-27-17)16-18-7-5-13-28-18)14-19-8-9-21(29-19)30(25,26)23-10-2-1-3-11-23/h4-9,12-13H,1-3,10-11,14-16H2. The zero-order valence-electron chi connectivity index (χ0n) is 16.5. The lowest BCUT2D eigenvalue weighted by molar-refractivity contribution is -0.132. The Morgan fingerprint density at radius 2 is 1.60 bits per heavy atom. The van der Waals surface area contributed by atoms with Crippen LogP contribution in [-0.2, 0) is 34.3 Å². The van der Waals surface area contributed by atoms with Crippen LogP contribution in [-0.4, -0.2) is 36.6 Å². The Morgan fingerprint density at radius 1 is 0.967 bits per heavy atom. The maximum absolute atomic E-state index is 13.0. The maximum Gasteiger partial charge on any atom is 0.252 e. The summed E-state index contributed by atoms with van der Waals surface area (Å²) in [5.41, 5.74) is 0. The summed E-state index contributed by atoms with van der Waals surface area (Å²) in [6, 6.07) is 10.5. The van der Waals surface area contributed by atoms with Gasteiger partial charge in [-0.05, 0) is 49.2 Å². The molecule has 1 aliphatic heterocycles. The number of amides is 1. The van der Waals surface area contributed by atoms with E-state index >= 15 is 0 Å². The zero-order chi connectivity index (χ0) is 21.0. The molecule has 0 unspecified atom stereocenters. The van der Waals surface area contributed by atoms with Crippen LogP contribution < -0.4 is 0 Å². The lowest BCUT2D eigenvalue weighted by Crippen LogP contribution is -2.35. The Hall–Kier alpha value is -2.36. The molecule has 3 aromatic heterocycles. The molecule has 0 N–H and O–H groups in total. The first-order valence-corrected chi connectivity index (χ1v) is 12.2. The van der Waals surface area contributed by atoms with Gasteiger partial charge >= 0.3 is 0 Å². The van der Waals surface area contributed by atoms with Crippen LogP contribution in [0.1, 0.15) is 35.7 Å². The van der Waals surface area contributed by atoms with E-state index in [1.54, 1.807) is 46.0 Å². The van der Waals surface area contributed by atoms with E-state index in [-0.39, 0.29) is 12.3 Å². The second-order valence-electron chi connectivity index (χ2n) is 7.27. The first-order chi connectivity index (χ1) is 14.5. The third-order valence-corrected chi connectivity index (χ3v) is 8.53. The molecule has 7 nitrogen and oxygen atoms in total. The van der Waals surface area contributed by atoms with Crippen LogP contribution in [0, 0.1) is 0 Å². The lowest BCUT2D eigenvalue weighted by atomic mass is 10.2. The lowest BCUT2D eigenvalue weighted by Gasteiger charge is -2.25. The molecule has 0 spiro atoms. The molecule has 1 aliphatic rings. The van der Waals surface area contributed by atoms with Gasteiger partial charge in [-0.3, -0.25) is 4.79 Å². The van der Waals surface area contributed by atoms with Gasteiger partial charge < -0.3 is 13.7 Å². The van der Waals surface area contributed by atoms with Crippen LogP contribution in [0.25, 0.3) is 0 Å². The molecule has 0 radical (unpaired) electrons. The summed E-state index contributed by atoms with van der Waals surface area (Å²) < 4.78 is 38.4. The number of carbonyl (C=O) groups is 1. The molecule has 0 atom stereocenters. The molecule has 1 amide bonds. The molecule has 0 aromatic carbocycles. The molecule has 0 aliphatic carbocycles. The van der Waals surface area contributed by atoms with Gasteiger partial charge in [-0.2, -0.15) is 4.31 Å². The van der Waals surface area contributed by atoms with Gasteiger partial charge in [-0.15, -0.1) is 11.3 Å². The summed E-state index contributed by atoms with van der Waals surface area (Å²) >= 11 is 1.17. The zero-order valence-corrected chi connectivity index (χ0v) is 18.2. The topological polar surface area (TPSA) is 84.0 Å². The number of hydrogen-bond donors (Lipinski definition) is 0. The second kappa shape index (κ2) is 9.20. The van der Waals surface area contributed by atoms with Gasteiger partial charge in [0.05, 0.1) is 32.0 Å². The molecular weight excluding hydrogens is 424 g/mol. The number of carbonyl (C=O) groups excluding carboxylic acids is 1. The summed E-state index contributed by atoms with van der Waals surface area (Å²) in [6.45, 7) is 1.76. The molecule has 9 heteroatoms. The van der Waals surface area contributed by atoms with Crippen molar-refractivity contribution >= 4 is 27.3 Å². The maximum atomic E-state index is 13.0. The second-order valence-corrected chi connectivity index (χ2v) is 10.6. The van der Waals surface area contributed by atoms with E-state index in [0.29, 0.717) is 41.9 Å². The van der Waals surface area contributed by atoms with Gasteiger partial charge in [-0.1, -0.05) is 6.42 Å². The summed E-state index contributed by atoms with van der Waals surface area (Å²) in [6.07, 6.45) is 6.12. The molecule has 4 heterocycles. The van der Waals surface area contributed by atoms with E-state index in [1.807, 2.05) is 12.1 Å². The minimum atomic E-state index is -3.48. The molecule has 1 saturated heterocycles. The Kier molecular flexibility index (Phi) is 6.40. The van der Waals surface area contributed by atoms with Gasteiger partial charge in [0.25, 0.3) is 10.0 Å². The average Bonchev–Trinajstić information content (AvgIpc) is 3.51. The van der Waals surface area contributed by atoms with E-state index in [1.165, 1.54) is 11.3 Å². The van der Waals surface area contributed by atoms with Crippen LogP contribution in [0.2, 0.25) is 0 Å². The normalized spacial score (nSPS) is 15.3. The largest absolute Gasteiger partial charge is 0.467 e. The van der Waals surface area contributed by atoms with Crippen LogP contribution in [0.4, 0.5) is 0 Å².